The lowest BCUT2D eigenvalue weighted by Gasteiger charge is -2.33. The fraction of sp³-hybridized carbons (Fsp3) is 0.800. The molecule has 4 heteroatoms. The lowest BCUT2D eigenvalue weighted by molar-refractivity contribution is -0.142. The van der Waals surface area contributed by atoms with Gasteiger partial charge >= 0.3 is 0 Å². The van der Waals surface area contributed by atoms with Crippen LogP contribution in [0.5, 0.6) is 0 Å². The minimum absolute atomic E-state index is 0.170. The summed E-state index contributed by atoms with van der Waals surface area (Å²) in [6, 6.07) is 0. The zero-order chi connectivity index (χ0) is 13.2. The molecule has 1 amide bonds. The van der Waals surface area contributed by atoms with Crippen LogP contribution in [0, 0.1) is 5.92 Å². The average Bonchev–Trinajstić information content (AvgIpc) is 3.07. The normalized spacial score (nSPS) is 35.4. The highest BCUT2D eigenvalue weighted by atomic mass is 16.5. The summed E-state index contributed by atoms with van der Waals surface area (Å²) in [5.74, 6) is 0.819. The minimum Gasteiger partial charge on any atom is -0.364 e. The molecule has 3 aliphatic heterocycles. The van der Waals surface area contributed by atoms with E-state index < -0.39 is 0 Å². The van der Waals surface area contributed by atoms with E-state index in [-0.39, 0.29) is 18.1 Å². The van der Waals surface area contributed by atoms with Crippen LogP contribution >= 0.6 is 0 Å². The first kappa shape index (κ1) is 13.1. The minimum atomic E-state index is -0.170. The number of likely N-dealkylation sites (tertiary alicyclic amines) is 2. The Labute approximate surface area is 115 Å². The SMILES string of the molecule is C=CCN1CC[C@@H]2C[C@@H](C(=O)N3CCCC3)O[C@H]2C1. The van der Waals surface area contributed by atoms with E-state index in [4.69, 9.17) is 4.74 Å². The predicted octanol–water partition coefficient (Wildman–Crippen LogP) is 1.27. The fourth-order valence-corrected chi connectivity index (χ4v) is 3.64. The molecule has 0 spiro atoms. The molecule has 0 unspecified atom stereocenters. The Morgan fingerprint density at radius 1 is 1.32 bits per heavy atom. The van der Waals surface area contributed by atoms with Crippen molar-refractivity contribution in [1.82, 2.24) is 9.80 Å². The van der Waals surface area contributed by atoms with Crippen LogP contribution in [0.25, 0.3) is 0 Å². The van der Waals surface area contributed by atoms with Crippen molar-refractivity contribution in [1.29, 1.82) is 0 Å². The van der Waals surface area contributed by atoms with Gasteiger partial charge in [-0.05, 0) is 38.1 Å². The summed E-state index contributed by atoms with van der Waals surface area (Å²) in [4.78, 5) is 16.7. The smallest absolute Gasteiger partial charge is 0.251 e. The molecule has 0 radical (unpaired) electrons. The highest BCUT2D eigenvalue weighted by Gasteiger charge is 2.43. The monoisotopic (exact) mass is 264 g/mol. The molecule has 0 aromatic carbocycles. The van der Waals surface area contributed by atoms with E-state index in [1.165, 1.54) is 0 Å². The summed E-state index contributed by atoms with van der Waals surface area (Å²) in [6.45, 7) is 8.65. The molecule has 3 atom stereocenters. The number of carbonyl (C=O) groups excluding carboxylic acids is 1. The number of hydrogen-bond acceptors (Lipinski definition) is 3. The van der Waals surface area contributed by atoms with Crippen LogP contribution in [-0.4, -0.2) is 60.6 Å². The summed E-state index contributed by atoms with van der Waals surface area (Å²) in [5.41, 5.74) is 0. The zero-order valence-corrected chi connectivity index (χ0v) is 11.6. The van der Waals surface area contributed by atoms with Crippen molar-refractivity contribution in [3.63, 3.8) is 0 Å². The van der Waals surface area contributed by atoms with Gasteiger partial charge in [-0.2, -0.15) is 0 Å². The standard InChI is InChI=1S/C15H24N2O2/c1-2-6-16-9-5-12-10-13(19-14(12)11-16)15(18)17-7-3-4-8-17/h2,12-14H,1,3-11H2/t12-,13+,14+/m1/s1. The molecular formula is C15H24N2O2. The largest absolute Gasteiger partial charge is 0.364 e. The fourth-order valence-electron chi connectivity index (χ4n) is 3.64. The maximum Gasteiger partial charge on any atom is 0.251 e. The molecule has 19 heavy (non-hydrogen) atoms. The first-order valence-corrected chi connectivity index (χ1v) is 7.55. The first-order chi connectivity index (χ1) is 9.28. The Bertz CT molecular complexity index is 352. The van der Waals surface area contributed by atoms with E-state index in [0.29, 0.717) is 5.92 Å². The number of amides is 1. The van der Waals surface area contributed by atoms with Crippen molar-refractivity contribution >= 4 is 5.91 Å². The second-order valence-electron chi connectivity index (χ2n) is 6.03. The summed E-state index contributed by atoms with van der Waals surface area (Å²) in [5, 5.41) is 0. The third-order valence-electron chi connectivity index (χ3n) is 4.72. The average molecular weight is 264 g/mol. The highest BCUT2D eigenvalue weighted by molar-refractivity contribution is 5.81. The number of hydrogen-bond donors (Lipinski definition) is 0. The number of carbonyl (C=O) groups is 1. The molecule has 0 aliphatic carbocycles. The third kappa shape index (κ3) is 2.70. The summed E-state index contributed by atoms with van der Waals surface area (Å²) in [7, 11) is 0. The van der Waals surface area contributed by atoms with Crippen LogP contribution < -0.4 is 0 Å². The van der Waals surface area contributed by atoms with E-state index in [9.17, 15) is 4.79 Å². The third-order valence-corrected chi connectivity index (χ3v) is 4.72. The Morgan fingerprint density at radius 2 is 2.11 bits per heavy atom. The van der Waals surface area contributed by atoms with Crippen LogP contribution in [0.4, 0.5) is 0 Å². The molecule has 0 saturated carbocycles. The first-order valence-electron chi connectivity index (χ1n) is 7.55. The van der Waals surface area contributed by atoms with Gasteiger partial charge < -0.3 is 9.64 Å². The van der Waals surface area contributed by atoms with Gasteiger partial charge in [-0.15, -0.1) is 6.58 Å². The molecule has 4 nitrogen and oxygen atoms in total. The van der Waals surface area contributed by atoms with Gasteiger partial charge in [0.2, 0.25) is 0 Å². The Balaban J connectivity index is 1.57. The van der Waals surface area contributed by atoms with Gasteiger partial charge in [0, 0.05) is 26.2 Å². The van der Waals surface area contributed by atoms with Gasteiger partial charge in [0.25, 0.3) is 5.91 Å². The quantitative estimate of drug-likeness (QED) is 0.720. The molecule has 3 heterocycles. The molecule has 3 aliphatic rings. The molecule has 0 aromatic heterocycles. The van der Waals surface area contributed by atoms with Crippen LogP contribution in [0.1, 0.15) is 25.7 Å². The molecule has 3 saturated heterocycles. The van der Waals surface area contributed by atoms with Crippen molar-refractivity contribution in [2.45, 2.75) is 37.9 Å². The number of rotatable bonds is 3. The molecule has 0 N–H and O–H groups in total. The molecule has 0 aromatic rings. The molecule has 106 valence electrons. The van der Waals surface area contributed by atoms with Gasteiger partial charge in [0.1, 0.15) is 6.10 Å². The van der Waals surface area contributed by atoms with Gasteiger partial charge in [-0.3, -0.25) is 9.69 Å². The lowest BCUT2D eigenvalue weighted by Crippen LogP contribution is -2.42. The predicted molar refractivity (Wildman–Crippen MR) is 73.8 cm³/mol. The summed E-state index contributed by atoms with van der Waals surface area (Å²) in [6.07, 6.45) is 6.42. The molecule has 0 bridgehead atoms. The second-order valence-corrected chi connectivity index (χ2v) is 6.03. The summed E-state index contributed by atoms with van der Waals surface area (Å²) < 4.78 is 6.05. The van der Waals surface area contributed by atoms with E-state index in [1.807, 2.05) is 11.0 Å². The lowest BCUT2D eigenvalue weighted by atomic mass is 9.91. The Kier molecular flexibility index (Phi) is 3.89. The second kappa shape index (κ2) is 5.63. The van der Waals surface area contributed by atoms with Crippen molar-refractivity contribution in [3.8, 4) is 0 Å². The van der Waals surface area contributed by atoms with E-state index in [2.05, 4.69) is 11.5 Å². The van der Waals surface area contributed by atoms with Crippen molar-refractivity contribution in [2.24, 2.45) is 5.92 Å². The van der Waals surface area contributed by atoms with E-state index in [1.54, 1.807) is 0 Å². The number of nitrogens with zero attached hydrogens (tertiary/aromatic N) is 2. The Morgan fingerprint density at radius 3 is 2.84 bits per heavy atom. The zero-order valence-electron chi connectivity index (χ0n) is 11.6. The van der Waals surface area contributed by atoms with Gasteiger partial charge in [0.05, 0.1) is 6.10 Å². The Hall–Kier alpha value is -0.870. The number of piperidine rings is 1. The highest BCUT2D eigenvalue weighted by Crippen LogP contribution is 2.34. The van der Waals surface area contributed by atoms with Gasteiger partial charge in [-0.1, -0.05) is 6.08 Å². The number of fused-ring (bicyclic) bond motifs is 1. The van der Waals surface area contributed by atoms with Crippen LogP contribution in [0.15, 0.2) is 12.7 Å². The summed E-state index contributed by atoms with van der Waals surface area (Å²) >= 11 is 0. The molecular weight excluding hydrogens is 240 g/mol. The van der Waals surface area contributed by atoms with Crippen molar-refractivity contribution < 1.29 is 9.53 Å². The number of ether oxygens (including phenoxy) is 1. The van der Waals surface area contributed by atoms with Crippen molar-refractivity contribution in [2.75, 3.05) is 32.7 Å². The maximum absolute atomic E-state index is 12.4. The van der Waals surface area contributed by atoms with Crippen molar-refractivity contribution in [3.05, 3.63) is 12.7 Å². The van der Waals surface area contributed by atoms with Crippen LogP contribution in [0.3, 0.4) is 0 Å². The van der Waals surface area contributed by atoms with Crippen LogP contribution in [-0.2, 0) is 9.53 Å². The van der Waals surface area contributed by atoms with E-state index >= 15 is 0 Å². The van der Waals surface area contributed by atoms with Crippen LogP contribution in [0.2, 0.25) is 0 Å². The maximum atomic E-state index is 12.4. The molecule has 3 rings (SSSR count). The topological polar surface area (TPSA) is 32.8 Å². The van der Waals surface area contributed by atoms with E-state index in [0.717, 1.165) is 58.4 Å². The molecule has 3 fully saturated rings. The van der Waals surface area contributed by atoms with Gasteiger partial charge in [0.15, 0.2) is 0 Å². The van der Waals surface area contributed by atoms with Gasteiger partial charge in [-0.25, -0.2) is 0 Å².